The van der Waals surface area contributed by atoms with Crippen molar-refractivity contribution in [3.8, 4) is 0 Å². The van der Waals surface area contributed by atoms with Crippen LogP contribution in [0.15, 0.2) is 53.1 Å². The van der Waals surface area contributed by atoms with Gasteiger partial charge in [-0.15, -0.1) is 0 Å². The molecule has 5 rings (SSSR count). The number of fused-ring (bicyclic) bond motifs is 1. The lowest BCUT2D eigenvalue weighted by molar-refractivity contribution is -0.121. The van der Waals surface area contributed by atoms with Crippen molar-refractivity contribution in [1.29, 1.82) is 0 Å². The number of aryl methyl sites for hydroxylation is 1. The van der Waals surface area contributed by atoms with Crippen LogP contribution < -0.4 is 5.32 Å². The van der Waals surface area contributed by atoms with Gasteiger partial charge in [0.25, 0.3) is 11.8 Å². The second-order valence-corrected chi connectivity index (χ2v) is 8.80. The number of rotatable bonds is 4. The van der Waals surface area contributed by atoms with Gasteiger partial charge in [-0.25, -0.2) is 0 Å². The molecule has 34 heavy (non-hydrogen) atoms. The number of hydrogen-bond donors (Lipinski definition) is 1. The highest BCUT2D eigenvalue weighted by Gasteiger charge is 2.35. The number of nitrogens with one attached hydrogen (secondary N) is 1. The van der Waals surface area contributed by atoms with Gasteiger partial charge in [0, 0.05) is 50.0 Å². The van der Waals surface area contributed by atoms with Crippen LogP contribution in [0.4, 0.5) is 5.69 Å². The van der Waals surface area contributed by atoms with Crippen LogP contribution in [0.1, 0.15) is 45.1 Å². The molecule has 9 nitrogen and oxygen atoms in total. The van der Waals surface area contributed by atoms with E-state index >= 15 is 0 Å². The maximum atomic E-state index is 13.5. The fourth-order valence-electron chi connectivity index (χ4n) is 4.78. The molecule has 3 amide bonds. The maximum absolute atomic E-state index is 13.5. The zero-order chi connectivity index (χ0) is 23.7. The number of benzene rings is 1. The van der Waals surface area contributed by atoms with Gasteiger partial charge in [0.2, 0.25) is 5.91 Å². The van der Waals surface area contributed by atoms with Gasteiger partial charge in [-0.1, -0.05) is 18.2 Å². The van der Waals surface area contributed by atoms with Gasteiger partial charge in [-0.05, 0) is 37.1 Å². The second kappa shape index (κ2) is 9.17. The third kappa shape index (κ3) is 4.21. The van der Waals surface area contributed by atoms with E-state index in [0.717, 1.165) is 29.8 Å². The van der Waals surface area contributed by atoms with Crippen LogP contribution in [-0.2, 0) is 24.8 Å². The van der Waals surface area contributed by atoms with Gasteiger partial charge in [-0.3, -0.25) is 19.1 Å². The molecule has 1 N–H and O–H groups in total. The van der Waals surface area contributed by atoms with Gasteiger partial charge >= 0.3 is 0 Å². The number of likely N-dealkylation sites (tertiary alicyclic amines) is 1. The number of para-hydroxylation sites is 1. The first-order valence-corrected chi connectivity index (χ1v) is 11.5. The lowest BCUT2D eigenvalue weighted by Gasteiger charge is -2.32. The Labute approximate surface area is 197 Å². The van der Waals surface area contributed by atoms with Crippen LogP contribution in [0.3, 0.4) is 0 Å². The van der Waals surface area contributed by atoms with Crippen LogP contribution in [0.25, 0.3) is 0 Å². The number of amides is 3. The molecule has 1 atom stereocenters. The fraction of sp³-hybridized carbons (Fsp3) is 0.360. The summed E-state index contributed by atoms with van der Waals surface area (Å²) in [6.07, 6.45) is 3.56. The molecule has 3 aromatic rings. The van der Waals surface area contributed by atoms with Crippen molar-refractivity contribution in [3.63, 3.8) is 0 Å². The third-order valence-electron chi connectivity index (χ3n) is 6.58. The monoisotopic (exact) mass is 461 g/mol. The number of anilines is 1. The molecule has 1 saturated heterocycles. The lowest BCUT2D eigenvalue weighted by Crippen LogP contribution is -2.44. The molecule has 0 radical (unpaired) electrons. The Morgan fingerprint density at radius 1 is 1.03 bits per heavy atom. The molecule has 176 valence electrons. The zero-order valence-electron chi connectivity index (χ0n) is 19.1. The van der Waals surface area contributed by atoms with E-state index in [1.165, 1.54) is 6.26 Å². The SMILES string of the molecule is Cn1nc(C(=O)N2CCC[C@@H](C(=O)Nc3ccccc3)C2)c2c1CCN(C(=O)c1ccco1)C2. The van der Waals surface area contributed by atoms with E-state index in [9.17, 15) is 14.4 Å². The van der Waals surface area contributed by atoms with Crippen LogP contribution in [0.5, 0.6) is 0 Å². The number of aromatic nitrogens is 2. The van der Waals surface area contributed by atoms with Crippen LogP contribution >= 0.6 is 0 Å². The van der Waals surface area contributed by atoms with Gasteiger partial charge < -0.3 is 19.5 Å². The van der Waals surface area contributed by atoms with Crippen LogP contribution in [-0.4, -0.2) is 56.9 Å². The molecule has 2 aromatic heterocycles. The minimum absolute atomic E-state index is 0.0815. The summed E-state index contributed by atoms with van der Waals surface area (Å²) in [5, 5.41) is 7.47. The molecule has 1 aromatic carbocycles. The van der Waals surface area contributed by atoms with Crippen LogP contribution in [0.2, 0.25) is 0 Å². The van der Waals surface area contributed by atoms with Crippen molar-refractivity contribution in [2.75, 3.05) is 25.0 Å². The summed E-state index contributed by atoms with van der Waals surface area (Å²) >= 11 is 0. The minimum Gasteiger partial charge on any atom is -0.459 e. The summed E-state index contributed by atoms with van der Waals surface area (Å²) < 4.78 is 7.00. The molecular formula is C25H27N5O4. The number of furan rings is 1. The lowest BCUT2D eigenvalue weighted by atomic mass is 9.96. The van der Waals surface area contributed by atoms with Gasteiger partial charge in [0.15, 0.2) is 11.5 Å². The highest BCUT2D eigenvalue weighted by atomic mass is 16.3. The summed E-state index contributed by atoms with van der Waals surface area (Å²) in [6, 6.07) is 12.7. The van der Waals surface area contributed by atoms with Crippen molar-refractivity contribution in [3.05, 3.63) is 71.4 Å². The molecule has 2 aliphatic heterocycles. The Hall–Kier alpha value is -3.88. The second-order valence-electron chi connectivity index (χ2n) is 8.80. The Bertz CT molecular complexity index is 1200. The number of hydrogen-bond acceptors (Lipinski definition) is 5. The van der Waals surface area contributed by atoms with Gasteiger partial charge in [0.1, 0.15) is 0 Å². The Morgan fingerprint density at radius 3 is 2.62 bits per heavy atom. The number of carbonyl (C=O) groups is 3. The first kappa shape index (κ1) is 21.9. The third-order valence-corrected chi connectivity index (χ3v) is 6.58. The highest BCUT2D eigenvalue weighted by molar-refractivity contribution is 5.97. The average Bonchev–Trinajstić information content (AvgIpc) is 3.52. The molecule has 2 aliphatic rings. The summed E-state index contributed by atoms with van der Waals surface area (Å²) in [5.74, 6) is -0.477. The maximum Gasteiger partial charge on any atom is 0.289 e. The Kier molecular flexibility index (Phi) is 5.91. The minimum atomic E-state index is -0.283. The smallest absolute Gasteiger partial charge is 0.289 e. The first-order valence-electron chi connectivity index (χ1n) is 11.5. The molecule has 0 unspecified atom stereocenters. The van der Waals surface area contributed by atoms with Crippen LogP contribution in [0, 0.1) is 5.92 Å². The van der Waals surface area contributed by atoms with Crippen molar-refractivity contribution in [1.82, 2.24) is 19.6 Å². The van der Waals surface area contributed by atoms with E-state index in [1.54, 1.807) is 26.6 Å². The van der Waals surface area contributed by atoms with Gasteiger partial charge in [0.05, 0.1) is 18.7 Å². The van der Waals surface area contributed by atoms with E-state index in [-0.39, 0.29) is 29.4 Å². The topological polar surface area (TPSA) is 101 Å². The Balaban J connectivity index is 1.31. The zero-order valence-corrected chi connectivity index (χ0v) is 19.1. The van der Waals surface area contributed by atoms with Crippen molar-refractivity contribution >= 4 is 23.4 Å². The molecule has 4 heterocycles. The summed E-state index contributed by atoms with van der Waals surface area (Å²) in [4.78, 5) is 42.5. The molecular weight excluding hydrogens is 434 g/mol. The summed E-state index contributed by atoms with van der Waals surface area (Å²) in [7, 11) is 1.83. The Morgan fingerprint density at radius 2 is 1.85 bits per heavy atom. The fourth-order valence-corrected chi connectivity index (χ4v) is 4.78. The highest BCUT2D eigenvalue weighted by Crippen LogP contribution is 2.27. The predicted molar refractivity (Wildman–Crippen MR) is 124 cm³/mol. The van der Waals surface area contributed by atoms with E-state index in [0.29, 0.717) is 38.3 Å². The van der Waals surface area contributed by atoms with E-state index in [1.807, 2.05) is 37.4 Å². The summed E-state index contributed by atoms with van der Waals surface area (Å²) in [6.45, 7) is 1.76. The van der Waals surface area contributed by atoms with E-state index < -0.39 is 0 Å². The quantitative estimate of drug-likeness (QED) is 0.644. The van der Waals surface area contributed by atoms with Crippen molar-refractivity contribution in [2.45, 2.75) is 25.8 Å². The van der Waals surface area contributed by atoms with E-state index in [4.69, 9.17) is 4.42 Å². The number of carbonyl (C=O) groups excluding carboxylic acids is 3. The molecule has 9 heteroatoms. The molecule has 1 fully saturated rings. The summed E-state index contributed by atoms with van der Waals surface area (Å²) in [5.41, 5.74) is 2.84. The molecule has 0 spiro atoms. The molecule has 0 aliphatic carbocycles. The number of nitrogens with zero attached hydrogens (tertiary/aromatic N) is 4. The van der Waals surface area contributed by atoms with Crippen molar-refractivity contribution in [2.24, 2.45) is 13.0 Å². The largest absolute Gasteiger partial charge is 0.459 e. The average molecular weight is 462 g/mol. The molecule has 0 saturated carbocycles. The predicted octanol–water partition coefficient (Wildman–Crippen LogP) is 2.70. The normalized spacial score (nSPS) is 17.9. The van der Waals surface area contributed by atoms with E-state index in [2.05, 4.69) is 10.4 Å². The van der Waals surface area contributed by atoms with Gasteiger partial charge in [-0.2, -0.15) is 5.10 Å². The standard InChI is InChI=1S/C25H27N5O4/c1-28-20-11-13-30(24(32)21-10-6-14-34-21)16-19(20)22(27-28)25(33)29-12-5-7-17(15-29)23(31)26-18-8-3-2-4-9-18/h2-4,6,8-10,14,17H,5,7,11-13,15-16H2,1H3,(H,26,31)/t17-/m1/s1. The molecule has 0 bridgehead atoms. The first-order chi connectivity index (χ1) is 16.5. The van der Waals surface area contributed by atoms with Crippen molar-refractivity contribution < 1.29 is 18.8 Å². The number of piperidine rings is 1.